The summed E-state index contributed by atoms with van der Waals surface area (Å²) < 4.78 is 5.39. The summed E-state index contributed by atoms with van der Waals surface area (Å²) in [7, 11) is 1.75. The molecule has 0 saturated heterocycles. The lowest BCUT2D eigenvalue weighted by Gasteiger charge is -2.38. The summed E-state index contributed by atoms with van der Waals surface area (Å²) in [5.74, 6) is 0.992. The number of allylic oxidation sites excluding steroid dienone is 2. The van der Waals surface area contributed by atoms with Crippen molar-refractivity contribution in [1.29, 1.82) is 0 Å². The average molecular weight is 242 g/mol. The molecule has 0 atom stereocenters. The van der Waals surface area contributed by atoms with E-state index in [1.54, 1.807) is 18.3 Å². The van der Waals surface area contributed by atoms with Crippen molar-refractivity contribution in [3.05, 3.63) is 34.9 Å². The second-order valence-corrected chi connectivity index (χ2v) is 6.22. The molecule has 0 fully saturated rings. The van der Waals surface area contributed by atoms with Crippen LogP contribution >= 0.6 is 0 Å². The lowest BCUT2D eigenvalue weighted by molar-refractivity contribution is 0.366. The maximum Gasteiger partial charge on any atom is 0.119 e. The second kappa shape index (κ2) is 4.15. The van der Waals surface area contributed by atoms with Crippen LogP contribution in [-0.2, 0) is 6.42 Å². The smallest absolute Gasteiger partial charge is 0.119 e. The number of methoxy groups -OCH3 is 1. The molecule has 1 nitrogen and oxygen atoms in total. The van der Waals surface area contributed by atoms with Crippen LogP contribution in [0, 0.1) is 5.41 Å². The van der Waals surface area contributed by atoms with E-state index in [-0.39, 0.29) is 0 Å². The molecule has 0 bridgehead atoms. The van der Waals surface area contributed by atoms with Crippen LogP contribution in [-0.4, -0.2) is 7.11 Å². The summed E-state index contributed by atoms with van der Waals surface area (Å²) in [5.41, 5.74) is 6.69. The molecule has 0 aliphatic heterocycles. The normalized spacial score (nSPS) is 21.3. The minimum atomic E-state index is 0.397. The first-order valence-corrected chi connectivity index (χ1v) is 7.01. The van der Waals surface area contributed by atoms with Gasteiger partial charge in [0.05, 0.1) is 7.11 Å². The van der Waals surface area contributed by atoms with E-state index in [1.165, 1.54) is 43.2 Å². The molecule has 0 radical (unpaired) electrons. The molecular formula is C17H22O. The summed E-state index contributed by atoms with van der Waals surface area (Å²) in [6, 6.07) is 6.59. The number of ether oxygens (including phenoxy) is 1. The zero-order valence-corrected chi connectivity index (χ0v) is 11.7. The van der Waals surface area contributed by atoms with Gasteiger partial charge < -0.3 is 4.74 Å². The number of fused-ring (bicyclic) bond motifs is 2. The van der Waals surface area contributed by atoms with E-state index in [2.05, 4.69) is 32.0 Å². The monoisotopic (exact) mass is 242 g/mol. The van der Waals surface area contributed by atoms with Crippen molar-refractivity contribution < 1.29 is 4.74 Å². The molecule has 1 aromatic carbocycles. The van der Waals surface area contributed by atoms with Crippen LogP contribution in [0.1, 0.15) is 50.7 Å². The highest BCUT2D eigenvalue weighted by atomic mass is 16.5. The molecule has 0 aromatic heterocycles. The van der Waals surface area contributed by atoms with Gasteiger partial charge in [-0.15, -0.1) is 0 Å². The summed E-state index contributed by atoms with van der Waals surface area (Å²) in [5, 5.41) is 0. The van der Waals surface area contributed by atoms with Gasteiger partial charge in [0.2, 0.25) is 0 Å². The number of hydrogen-bond acceptors (Lipinski definition) is 1. The Balaban J connectivity index is 2.15. The van der Waals surface area contributed by atoms with Crippen molar-refractivity contribution in [1.82, 2.24) is 0 Å². The predicted octanol–water partition coefficient (Wildman–Crippen LogP) is 4.61. The van der Waals surface area contributed by atoms with E-state index in [1.807, 2.05) is 0 Å². The van der Waals surface area contributed by atoms with Crippen LogP contribution in [0.4, 0.5) is 0 Å². The predicted molar refractivity (Wildman–Crippen MR) is 75.9 cm³/mol. The fourth-order valence-electron chi connectivity index (χ4n) is 3.64. The average Bonchev–Trinajstić information content (AvgIpc) is 2.37. The van der Waals surface area contributed by atoms with Gasteiger partial charge in [0.1, 0.15) is 5.75 Å². The van der Waals surface area contributed by atoms with Gasteiger partial charge in [0.15, 0.2) is 0 Å². The maximum atomic E-state index is 5.39. The minimum absolute atomic E-state index is 0.397. The first-order chi connectivity index (χ1) is 8.62. The van der Waals surface area contributed by atoms with Crippen LogP contribution in [0.25, 0.3) is 5.57 Å². The van der Waals surface area contributed by atoms with Crippen molar-refractivity contribution in [3.8, 4) is 5.75 Å². The van der Waals surface area contributed by atoms with Gasteiger partial charge in [-0.25, -0.2) is 0 Å². The van der Waals surface area contributed by atoms with Gasteiger partial charge >= 0.3 is 0 Å². The topological polar surface area (TPSA) is 9.23 Å². The van der Waals surface area contributed by atoms with E-state index in [4.69, 9.17) is 4.74 Å². The summed E-state index contributed by atoms with van der Waals surface area (Å²) in [6.07, 6.45) is 6.36. The second-order valence-electron chi connectivity index (χ2n) is 6.22. The van der Waals surface area contributed by atoms with Crippen LogP contribution in [0.3, 0.4) is 0 Å². The summed E-state index contributed by atoms with van der Waals surface area (Å²) in [4.78, 5) is 0. The highest BCUT2D eigenvalue weighted by Gasteiger charge is 2.32. The van der Waals surface area contributed by atoms with E-state index in [9.17, 15) is 0 Å². The highest BCUT2D eigenvalue weighted by Crippen LogP contribution is 2.49. The Morgan fingerprint density at radius 3 is 2.72 bits per heavy atom. The lowest BCUT2D eigenvalue weighted by atomic mass is 9.66. The first kappa shape index (κ1) is 11.8. The number of aryl methyl sites for hydroxylation is 1. The molecule has 1 heteroatoms. The molecule has 1 aromatic rings. The minimum Gasteiger partial charge on any atom is -0.497 e. The van der Waals surface area contributed by atoms with Crippen LogP contribution < -0.4 is 4.74 Å². The van der Waals surface area contributed by atoms with Crippen molar-refractivity contribution >= 4 is 5.57 Å². The Hall–Kier alpha value is -1.24. The lowest BCUT2D eigenvalue weighted by Crippen LogP contribution is -2.23. The molecule has 18 heavy (non-hydrogen) atoms. The third-order valence-electron chi connectivity index (χ3n) is 4.70. The number of hydrogen-bond donors (Lipinski definition) is 0. The zero-order chi connectivity index (χ0) is 12.8. The number of rotatable bonds is 1. The van der Waals surface area contributed by atoms with Gasteiger partial charge in [-0.3, -0.25) is 0 Å². The SMILES string of the molecule is COc1ccc2c(c1)C1=C(CC2)C(C)(C)CCC1. The van der Waals surface area contributed by atoms with E-state index in [0.717, 1.165) is 5.75 Å². The molecule has 2 aliphatic rings. The molecule has 0 amide bonds. The molecule has 3 rings (SSSR count). The Bertz CT molecular complexity index is 508. The molecule has 0 spiro atoms. The zero-order valence-electron chi connectivity index (χ0n) is 11.7. The highest BCUT2D eigenvalue weighted by molar-refractivity contribution is 5.75. The maximum absolute atomic E-state index is 5.39. The van der Waals surface area contributed by atoms with Gasteiger partial charge in [-0.2, -0.15) is 0 Å². The molecule has 0 N–H and O–H groups in total. The van der Waals surface area contributed by atoms with E-state index >= 15 is 0 Å². The fraction of sp³-hybridized carbons (Fsp3) is 0.529. The Labute approximate surface area is 110 Å². The third-order valence-corrected chi connectivity index (χ3v) is 4.70. The fourth-order valence-corrected chi connectivity index (χ4v) is 3.64. The van der Waals surface area contributed by atoms with Crippen LogP contribution in [0.2, 0.25) is 0 Å². The van der Waals surface area contributed by atoms with Gasteiger partial charge in [-0.05, 0) is 66.4 Å². The quantitative estimate of drug-likeness (QED) is 0.699. The van der Waals surface area contributed by atoms with Crippen molar-refractivity contribution in [2.24, 2.45) is 5.41 Å². The summed E-state index contributed by atoms with van der Waals surface area (Å²) >= 11 is 0. The molecule has 0 heterocycles. The van der Waals surface area contributed by atoms with Crippen molar-refractivity contribution in [2.45, 2.75) is 46.0 Å². The van der Waals surface area contributed by atoms with Gasteiger partial charge in [0.25, 0.3) is 0 Å². The molecular weight excluding hydrogens is 220 g/mol. The standard InChI is InChI=1S/C17H22O/c1-17(2)10-4-5-14-15-11-13(18-3)8-6-12(15)7-9-16(14)17/h6,8,11H,4-5,7,9-10H2,1-3H3. The van der Waals surface area contributed by atoms with Crippen LogP contribution in [0.15, 0.2) is 23.8 Å². The van der Waals surface area contributed by atoms with Crippen molar-refractivity contribution in [3.63, 3.8) is 0 Å². The van der Waals surface area contributed by atoms with Gasteiger partial charge in [-0.1, -0.05) is 25.5 Å². The first-order valence-electron chi connectivity index (χ1n) is 7.01. The number of benzene rings is 1. The Morgan fingerprint density at radius 1 is 1.11 bits per heavy atom. The van der Waals surface area contributed by atoms with Gasteiger partial charge in [0, 0.05) is 0 Å². The molecule has 96 valence electrons. The Morgan fingerprint density at radius 2 is 1.94 bits per heavy atom. The molecule has 0 saturated carbocycles. The van der Waals surface area contributed by atoms with E-state index < -0.39 is 0 Å². The molecule has 0 unspecified atom stereocenters. The van der Waals surface area contributed by atoms with Crippen molar-refractivity contribution in [2.75, 3.05) is 7.11 Å². The van der Waals surface area contributed by atoms with E-state index in [0.29, 0.717) is 5.41 Å². The molecule has 2 aliphatic carbocycles. The third kappa shape index (κ3) is 1.77. The van der Waals surface area contributed by atoms with Crippen LogP contribution in [0.5, 0.6) is 5.75 Å². The Kier molecular flexibility index (Phi) is 2.73. The largest absolute Gasteiger partial charge is 0.497 e. The summed E-state index contributed by atoms with van der Waals surface area (Å²) in [6.45, 7) is 4.82.